The highest BCUT2D eigenvalue weighted by Crippen LogP contribution is 2.41. The molecule has 13 heavy (non-hydrogen) atoms. The van der Waals surface area contributed by atoms with Crippen LogP contribution in [0.1, 0.15) is 59.8 Å². The Bertz CT molecular complexity index is 137. The summed E-state index contributed by atoms with van der Waals surface area (Å²) >= 11 is 0. The van der Waals surface area contributed by atoms with E-state index in [4.69, 9.17) is 0 Å². The van der Waals surface area contributed by atoms with Gasteiger partial charge in [-0.1, -0.05) is 53.4 Å². The van der Waals surface area contributed by atoms with Gasteiger partial charge in [0.1, 0.15) is 0 Å². The zero-order valence-corrected chi connectivity index (χ0v) is 9.84. The van der Waals surface area contributed by atoms with E-state index in [-0.39, 0.29) is 0 Å². The maximum Gasteiger partial charge on any atom is -0.0358 e. The molecule has 1 rings (SSSR count). The largest absolute Gasteiger partial charge is 0.0654 e. The highest BCUT2D eigenvalue weighted by atomic mass is 14.4. The second-order valence-corrected chi connectivity index (χ2v) is 5.27. The SMILES string of the molecule is CCCC1C(C)CCCC1C(C)C. The van der Waals surface area contributed by atoms with E-state index >= 15 is 0 Å². The molecule has 0 amide bonds. The molecule has 0 N–H and O–H groups in total. The first-order chi connectivity index (χ1) is 6.16. The van der Waals surface area contributed by atoms with Crippen LogP contribution < -0.4 is 0 Å². The van der Waals surface area contributed by atoms with Gasteiger partial charge >= 0.3 is 0 Å². The van der Waals surface area contributed by atoms with Gasteiger partial charge in [0.15, 0.2) is 0 Å². The van der Waals surface area contributed by atoms with Crippen molar-refractivity contribution in [2.75, 3.05) is 0 Å². The van der Waals surface area contributed by atoms with Gasteiger partial charge in [-0.2, -0.15) is 0 Å². The average molecular weight is 182 g/mol. The van der Waals surface area contributed by atoms with Crippen LogP contribution in [-0.4, -0.2) is 0 Å². The van der Waals surface area contributed by atoms with Crippen molar-refractivity contribution in [1.82, 2.24) is 0 Å². The highest BCUT2D eigenvalue weighted by molar-refractivity contribution is 4.81. The third-order valence-electron chi connectivity index (χ3n) is 3.96. The molecule has 1 aliphatic rings. The van der Waals surface area contributed by atoms with E-state index in [0.29, 0.717) is 0 Å². The lowest BCUT2D eigenvalue weighted by Gasteiger charge is -2.39. The van der Waals surface area contributed by atoms with Crippen molar-refractivity contribution in [3.8, 4) is 0 Å². The molecule has 1 fully saturated rings. The summed E-state index contributed by atoms with van der Waals surface area (Å²) in [4.78, 5) is 0. The predicted molar refractivity (Wildman–Crippen MR) is 59.7 cm³/mol. The summed E-state index contributed by atoms with van der Waals surface area (Å²) in [5, 5.41) is 0. The maximum atomic E-state index is 2.47. The van der Waals surface area contributed by atoms with E-state index in [0.717, 1.165) is 23.7 Å². The van der Waals surface area contributed by atoms with Gasteiger partial charge in [-0.3, -0.25) is 0 Å². The highest BCUT2D eigenvalue weighted by Gasteiger charge is 2.31. The van der Waals surface area contributed by atoms with E-state index < -0.39 is 0 Å². The van der Waals surface area contributed by atoms with E-state index in [1.54, 1.807) is 0 Å². The van der Waals surface area contributed by atoms with Crippen molar-refractivity contribution in [3.05, 3.63) is 0 Å². The fraction of sp³-hybridized carbons (Fsp3) is 1.00. The molecular weight excluding hydrogens is 156 g/mol. The van der Waals surface area contributed by atoms with Gasteiger partial charge in [-0.05, 0) is 30.1 Å². The Morgan fingerprint density at radius 3 is 2.46 bits per heavy atom. The van der Waals surface area contributed by atoms with Crippen molar-refractivity contribution < 1.29 is 0 Å². The maximum absolute atomic E-state index is 2.47. The third kappa shape index (κ3) is 2.72. The zero-order valence-electron chi connectivity index (χ0n) is 9.84. The van der Waals surface area contributed by atoms with E-state index in [2.05, 4.69) is 27.7 Å². The van der Waals surface area contributed by atoms with Crippen LogP contribution in [0.15, 0.2) is 0 Å². The standard InChI is InChI=1S/C13H26/c1-5-7-13-11(4)8-6-9-12(13)10(2)3/h10-13H,5-9H2,1-4H3. The summed E-state index contributed by atoms with van der Waals surface area (Å²) in [5.41, 5.74) is 0. The van der Waals surface area contributed by atoms with E-state index in [9.17, 15) is 0 Å². The second-order valence-electron chi connectivity index (χ2n) is 5.27. The van der Waals surface area contributed by atoms with Gasteiger partial charge in [0.25, 0.3) is 0 Å². The molecule has 0 saturated heterocycles. The summed E-state index contributed by atoms with van der Waals surface area (Å²) in [5.74, 6) is 3.93. The molecule has 3 unspecified atom stereocenters. The first-order valence-electron chi connectivity index (χ1n) is 6.16. The Kier molecular flexibility index (Phi) is 4.28. The molecule has 0 heteroatoms. The van der Waals surface area contributed by atoms with Crippen LogP contribution in [0.2, 0.25) is 0 Å². The normalized spacial score (nSPS) is 35.3. The monoisotopic (exact) mass is 182 g/mol. The quantitative estimate of drug-likeness (QED) is 0.603. The lowest BCUT2D eigenvalue weighted by Crippen LogP contribution is -2.29. The Morgan fingerprint density at radius 1 is 1.23 bits per heavy atom. The van der Waals surface area contributed by atoms with Gasteiger partial charge in [-0.25, -0.2) is 0 Å². The molecule has 0 heterocycles. The summed E-state index contributed by atoms with van der Waals surface area (Å²) in [6.45, 7) is 9.62. The van der Waals surface area contributed by atoms with Crippen molar-refractivity contribution >= 4 is 0 Å². The van der Waals surface area contributed by atoms with Gasteiger partial charge in [-0.15, -0.1) is 0 Å². The predicted octanol–water partition coefficient (Wildman–Crippen LogP) is 4.49. The summed E-state index contributed by atoms with van der Waals surface area (Å²) in [7, 11) is 0. The first kappa shape index (κ1) is 11.1. The van der Waals surface area contributed by atoms with E-state index in [1.165, 1.54) is 32.1 Å². The van der Waals surface area contributed by atoms with Crippen LogP contribution in [0.4, 0.5) is 0 Å². The fourth-order valence-corrected chi connectivity index (χ4v) is 3.19. The second kappa shape index (κ2) is 5.02. The van der Waals surface area contributed by atoms with Gasteiger partial charge in [0.2, 0.25) is 0 Å². The Hall–Kier alpha value is 0. The molecule has 0 aliphatic heterocycles. The topological polar surface area (TPSA) is 0 Å². The first-order valence-corrected chi connectivity index (χ1v) is 6.16. The minimum Gasteiger partial charge on any atom is -0.0654 e. The Labute approximate surface area is 84.1 Å². The number of hydrogen-bond acceptors (Lipinski definition) is 0. The molecule has 0 bridgehead atoms. The van der Waals surface area contributed by atoms with Crippen LogP contribution in [0, 0.1) is 23.7 Å². The van der Waals surface area contributed by atoms with Crippen molar-refractivity contribution in [1.29, 1.82) is 0 Å². The molecule has 0 nitrogen and oxygen atoms in total. The van der Waals surface area contributed by atoms with Crippen molar-refractivity contribution in [2.24, 2.45) is 23.7 Å². The minimum absolute atomic E-state index is 0.902. The molecule has 1 aliphatic carbocycles. The molecule has 78 valence electrons. The molecular formula is C13H26. The third-order valence-corrected chi connectivity index (χ3v) is 3.96. The van der Waals surface area contributed by atoms with Crippen molar-refractivity contribution in [3.63, 3.8) is 0 Å². The van der Waals surface area contributed by atoms with Crippen LogP contribution in [0.25, 0.3) is 0 Å². The lowest BCUT2D eigenvalue weighted by molar-refractivity contribution is 0.114. The molecule has 1 saturated carbocycles. The number of hydrogen-bond donors (Lipinski definition) is 0. The molecule has 3 atom stereocenters. The van der Waals surface area contributed by atoms with Crippen molar-refractivity contribution in [2.45, 2.75) is 59.8 Å². The number of rotatable bonds is 3. The Morgan fingerprint density at radius 2 is 1.92 bits per heavy atom. The molecule has 0 spiro atoms. The Balaban J connectivity index is 2.56. The van der Waals surface area contributed by atoms with Crippen LogP contribution in [0.3, 0.4) is 0 Å². The summed E-state index contributed by atoms with van der Waals surface area (Å²) in [6, 6.07) is 0. The zero-order chi connectivity index (χ0) is 9.84. The minimum atomic E-state index is 0.902. The fourth-order valence-electron chi connectivity index (χ4n) is 3.19. The summed E-state index contributed by atoms with van der Waals surface area (Å²) in [6.07, 6.45) is 7.28. The molecule has 0 aromatic carbocycles. The van der Waals surface area contributed by atoms with Gasteiger partial charge in [0.05, 0.1) is 0 Å². The summed E-state index contributed by atoms with van der Waals surface area (Å²) < 4.78 is 0. The van der Waals surface area contributed by atoms with Gasteiger partial charge < -0.3 is 0 Å². The van der Waals surface area contributed by atoms with Gasteiger partial charge in [0, 0.05) is 0 Å². The van der Waals surface area contributed by atoms with Crippen LogP contribution >= 0.6 is 0 Å². The molecule has 0 aromatic rings. The molecule has 0 radical (unpaired) electrons. The van der Waals surface area contributed by atoms with Crippen LogP contribution in [0.5, 0.6) is 0 Å². The van der Waals surface area contributed by atoms with Crippen LogP contribution in [-0.2, 0) is 0 Å². The lowest BCUT2D eigenvalue weighted by atomic mass is 9.67. The average Bonchev–Trinajstić information content (AvgIpc) is 2.08. The molecule has 0 aromatic heterocycles. The smallest absolute Gasteiger partial charge is 0.0358 e. The van der Waals surface area contributed by atoms with E-state index in [1.807, 2.05) is 0 Å².